The van der Waals surface area contributed by atoms with Gasteiger partial charge in [-0.2, -0.15) is 13.2 Å². The van der Waals surface area contributed by atoms with Crippen LogP contribution in [-0.2, 0) is 9.59 Å². The monoisotopic (exact) mass is 1580 g/mol. The zero-order valence-electron chi connectivity index (χ0n) is 75.5. The van der Waals surface area contributed by atoms with E-state index in [2.05, 4.69) is 225 Å². The molecule has 0 aliphatic carbocycles. The van der Waals surface area contributed by atoms with Crippen molar-refractivity contribution in [2.75, 3.05) is 10.6 Å². The maximum Gasteiger partial charge on any atom is 0.224 e. The number of rotatable bonds is 13. The van der Waals surface area contributed by atoms with E-state index < -0.39 is 11.9 Å². The van der Waals surface area contributed by atoms with E-state index in [0.29, 0.717) is 65.6 Å². The van der Waals surface area contributed by atoms with Crippen molar-refractivity contribution < 1.29 is 35.9 Å². The van der Waals surface area contributed by atoms with Crippen LogP contribution in [0.25, 0.3) is 0 Å². The molecule has 0 fully saturated rings. The second kappa shape index (κ2) is 52.8. The number of hydrogen-bond acceptors (Lipinski definition) is 6. The zero-order chi connectivity index (χ0) is 87.8. The molecule has 14 heteroatoms. The minimum Gasteiger partial charge on any atom is -0.326 e. The molecule has 626 valence electrons. The number of aromatic nitrogens is 4. The van der Waals surface area contributed by atoms with Gasteiger partial charge in [-0.3, -0.25) is 14.6 Å². The fraction of sp³-hybridized carbons (Fsp3) is 0.426. The second-order valence-electron chi connectivity index (χ2n) is 32.4. The van der Waals surface area contributed by atoms with Gasteiger partial charge in [0.05, 0.1) is 0 Å². The number of nitrogens with one attached hydrogen (secondary N) is 2. The van der Waals surface area contributed by atoms with Crippen LogP contribution in [0.5, 0.6) is 0 Å². The number of hydrogen-bond donors (Lipinski definition) is 2. The van der Waals surface area contributed by atoms with Crippen LogP contribution in [-0.4, -0.2) is 31.8 Å². The fourth-order valence-electron chi connectivity index (χ4n) is 12.7. The molecule has 0 unspecified atom stereocenters. The van der Waals surface area contributed by atoms with E-state index in [0.717, 1.165) is 67.1 Å². The van der Waals surface area contributed by atoms with Crippen LogP contribution in [0.4, 0.5) is 37.7 Å². The molecular formula is C101H138F6N6O2. The molecule has 8 nitrogen and oxygen atoms in total. The van der Waals surface area contributed by atoms with Crippen molar-refractivity contribution in [3.63, 3.8) is 0 Å². The first-order chi connectivity index (χ1) is 53.6. The summed E-state index contributed by atoms with van der Waals surface area (Å²) in [5, 5.41) is 5.66. The van der Waals surface area contributed by atoms with Crippen LogP contribution in [0.15, 0.2) is 170 Å². The van der Waals surface area contributed by atoms with Gasteiger partial charge >= 0.3 is 0 Å². The molecule has 10 aromatic rings. The lowest BCUT2D eigenvalue weighted by Gasteiger charge is -2.12. The number of amides is 2. The van der Waals surface area contributed by atoms with Crippen LogP contribution in [0.2, 0.25) is 0 Å². The second-order valence-corrected chi connectivity index (χ2v) is 32.4. The average molecular weight is 1580 g/mol. The first kappa shape index (κ1) is 103. The summed E-state index contributed by atoms with van der Waals surface area (Å²) in [7, 11) is 0. The van der Waals surface area contributed by atoms with Gasteiger partial charge in [0, 0.05) is 55.2 Å². The van der Waals surface area contributed by atoms with Gasteiger partial charge in [-0.05, 0) is 313 Å². The van der Waals surface area contributed by atoms with Gasteiger partial charge in [-0.15, -0.1) is 0 Å². The van der Waals surface area contributed by atoms with Gasteiger partial charge in [0.15, 0.2) is 0 Å². The lowest BCUT2D eigenvalue weighted by atomic mass is 9.97. The molecule has 4 heterocycles. The Morgan fingerprint density at radius 1 is 0.322 bits per heavy atom. The van der Waals surface area contributed by atoms with Crippen LogP contribution >= 0.6 is 0 Å². The Kier molecular flexibility index (Phi) is 47.5. The summed E-state index contributed by atoms with van der Waals surface area (Å²) in [5.74, 6) is 3.22. The SMILES string of the molecule is CC(=O)Nc1ccc(C)c(C(C)C)c1.CCC(=O)Nc1ccc(C)c(C(C)C)c1.Cc1c(F)cccc1C(C)C.Cc1cc(F)ccc1C(C)C.Cc1cc(F)ncc1C(C)C.Cc1ccc(F)cc1C(C)C.Cc1ccccc1C(C)C.Cc1cnc(F)cc1C(C)C.Cc1cnccc1C(C)C.Cc1nc(F)ccc1C(C)C. The van der Waals surface area contributed by atoms with Crippen LogP contribution in [0.1, 0.15) is 329 Å². The molecule has 0 radical (unpaired) electrons. The van der Waals surface area contributed by atoms with Crippen molar-refractivity contribution in [2.24, 2.45) is 0 Å². The van der Waals surface area contributed by atoms with Gasteiger partial charge in [0.1, 0.15) is 17.5 Å². The van der Waals surface area contributed by atoms with Gasteiger partial charge < -0.3 is 10.6 Å². The molecule has 6 aromatic carbocycles. The molecule has 0 bridgehead atoms. The van der Waals surface area contributed by atoms with Crippen LogP contribution in [0.3, 0.4) is 0 Å². The van der Waals surface area contributed by atoms with E-state index >= 15 is 0 Å². The number of carbonyl (C=O) groups is 2. The number of nitrogens with zero attached hydrogens (tertiary/aromatic N) is 4. The Morgan fingerprint density at radius 3 is 1.11 bits per heavy atom. The molecule has 2 amide bonds. The third kappa shape index (κ3) is 39.1. The number of pyridine rings is 4. The molecule has 0 spiro atoms. The number of halogens is 6. The molecule has 0 saturated heterocycles. The summed E-state index contributed by atoms with van der Waals surface area (Å²) in [5.41, 5.74) is 25.0. The predicted molar refractivity (Wildman–Crippen MR) is 477 cm³/mol. The molecule has 0 saturated carbocycles. The van der Waals surface area contributed by atoms with Crippen molar-refractivity contribution in [3.05, 3.63) is 317 Å². The van der Waals surface area contributed by atoms with Gasteiger partial charge in [0.25, 0.3) is 0 Å². The highest BCUT2D eigenvalue weighted by atomic mass is 19.1. The fourth-order valence-corrected chi connectivity index (χ4v) is 12.7. The summed E-state index contributed by atoms with van der Waals surface area (Å²) in [6.07, 6.45) is 7.46. The van der Waals surface area contributed by atoms with Gasteiger partial charge in [-0.1, -0.05) is 212 Å². The van der Waals surface area contributed by atoms with Crippen molar-refractivity contribution in [1.82, 2.24) is 19.9 Å². The third-order valence-corrected chi connectivity index (χ3v) is 19.1. The highest BCUT2D eigenvalue weighted by molar-refractivity contribution is 5.90. The van der Waals surface area contributed by atoms with E-state index in [1.165, 1.54) is 99.0 Å². The highest BCUT2D eigenvalue weighted by Gasteiger charge is 2.12. The summed E-state index contributed by atoms with van der Waals surface area (Å²) in [4.78, 5) is 37.0. The molecule has 0 atom stereocenters. The minimum atomic E-state index is -0.396. The van der Waals surface area contributed by atoms with E-state index in [-0.39, 0.29) is 35.2 Å². The number of carbonyl (C=O) groups excluding carboxylic acids is 2. The Bertz CT molecular complexity index is 4310. The summed E-state index contributed by atoms with van der Waals surface area (Å²) in [6.45, 7) is 65.6. The van der Waals surface area contributed by atoms with Crippen LogP contribution in [0, 0.1) is 105 Å². The smallest absolute Gasteiger partial charge is 0.224 e. The van der Waals surface area contributed by atoms with Gasteiger partial charge in [-0.25, -0.2) is 28.1 Å². The maximum absolute atomic E-state index is 12.9. The zero-order valence-corrected chi connectivity index (χ0v) is 75.5. The largest absolute Gasteiger partial charge is 0.326 e. The Morgan fingerprint density at radius 2 is 0.704 bits per heavy atom. The topological polar surface area (TPSA) is 110 Å². The number of benzene rings is 6. The number of anilines is 2. The van der Waals surface area contributed by atoms with Crippen molar-refractivity contribution in [1.29, 1.82) is 0 Å². The van der Waals surface area contributed by atoms with E-state index in [4.69, 9.17) is 0 Å². The third-order valence-electron chi connectivity index (χ3n) is 19.1. The molecule has 10 rings (SSSR count). The Balaban J connectivity index is 0.000000640. The van der Waals surface area contributed by atoms with E-state index in [1.807, 2.05) is 117 Å². The number of aryl methyl sites for hydroxylation is 9. The van der Waals surface area contributed by atoms with Crippen LogP contribution < -0.4 is 10.6 Å². The average Bonchev–Trinajstić information content (AvgIpc) is 0.983. The Hall–Kier alpha value is -9.56. The molecular weight excluding hydrogens is 1440 g/mol. The first-order valence-corrected chi connectivity index (χ1v) is 40.5. The molecule has 0 aliphatic heterocycles. The minimum absolute atomic E-state index is 0.0245. The van der Waals surface area contributed by atoms with Crippen molar-refractivity contribution >= 4 is 23.2 Å². The quantitative estimate of drug-likeness (QED) is 0.0879. The Labute approximate surface area is 690 Å². The lowest BCUT2D eigenvalue weighted by molar-refractivity contribution is -0.116. The van der Waals surface area contributed by atoms with E-state index in [9.17, 15) is 35.9 Å². The highest BCUT2D eigenvalue weighted by Crippen LogP contribution is 2.28. The molecule has 115 heavy (non-hydrogen) atoms. The normalized spacial score (nSPS) is 10.5. The van der Waals surface area contributed by atoms with Gasteiger partial charge in [0.2, 0.25) is 29.7 Å². The summed E-state index contributed by atoms with van der Waals surface area (Å²) in [6, 6.07) is 44.0. The molecule has 0 aliphatic rings. The molecule has 4 aromatic heterocycles. The predicted octanol–water partition coefficient (Wildman–Crippen LogP) is 29.9. The van der Waals surface area contributed by atoms with Crippen molar-refractivity contribution in [2.45, 2.75) is 287 Å². The maximum atomic E-state index is 12.9. The van der Waals surface area contributed by atoms with Crippen molar-refractivity contribution in [3.8, 4) is 0 Å². The first-order valence-electron chi connectivity index (χ1n) is 40.5. The lowest BCUT2D eigenvalue weighted by Crippen LogP contribution is -2.09. The van der Waals surface area contributed by atoms with E-state index in [1.54, 1.807) is 36.7 Å². The summed E-state index contributed by atoms with van der Waals surface area (Å²) >= 11 is 0. The standard InChI is InChI=1S/C13H19NO.C12H17NO.3C10H13F.C10H14.3C9H12FN.C9H13N/c1-5-13(15)14-11-7-6-10(4)12(8-11)9(2)3;1-8(2)12-7-11(13-10(4)14)6-5-9(12)3;1-7(2)10-5-4-9(11)6-8(10)3;1-7(2)10-6-9(11)5-4-8(10)3;1-7(2)9-5-4-6-10(11)8(9)3;1-8(2)10-7-5-4-6-9(10)3;1-6(2)8-4-9(10)11-5-7(8)3;1-6(2)8-5-11-9(10)4-7(8)3;1-6(2)8-4-5-9(10)11-7(8)3;1-7(2)9-4-5-10-6-8(9)3/h6-9H,5H2,1-4H3,(H,14,15);5-8H,1-4H3,(H,13,14);3*4-7H,1-3H3;4-8H,1-3H3;3*4-6H,1-3H3;4-7H,1-3H3. The molecule has 2 N–H and O–H groups in total. The summed E-state index contributed by atoms with van der Waals surface area (Å²) < 4.78 is 75.9.